The van der Waals surface area contributed by atoms with Crippen LogP contribution in [-0.2, 0) is 4.79 Å². The summed E-state index contributed by atoms with van der Waals surface area (Å²) in [6.07, 6.45) is 5.24. The Labute approximate surface area is 97.8 Å². The standard InChI is InChI=1S/C12H22ClNO/c1-9-5-3-4-6-11(9)8-14-12(15)10(2)7-13/h9-11H,3-8H2,1-2H3,(H,14,15). The second-order valence-electron chi connectivity index (χ2n) is 4.82. The molecule has 1 fully saturated rings. The fraction of sp³-hybridized carbons (Fsp3) is 0.917. The van der Waals surface area contributed by atoms with Crippen molar-refractivity contribution in [2.24, 2.45) is 17.8 Å². The molecule has 3 unspecified atom stereocenters. The molecule has 2 nitrogen and oxygen atoms in total. The Morgan fingerprint density at radius 3 is 2.73 bits per heavy atom. The van der Waals surface area contributed by atoms with Crippen LogP contribution in [0.1, 0.15) is 39.5 Å². The highest BCUT2D eigenvalue weighted by Gasteiger charge is 2.22. The van der Waals surface area contributed by atoms with Gasteiger partial charge in [0.1, 0.15) is 0 Å². The van der Waals surface area contributed by atoms with Crippen molar-refractivity contribution in [3.63, 3.8) is 0 Å². The van der Waals surface area contributed by atoms with E-state index in [0.717, 1.165) is 12.5 Å². The van der Waals surface area contributed by atoms with Gasteiger partial charge in [-0.2, -0.15) is 0 Å². The number of nitrogens with one attached hydrogen (secondary N) is 1. The van der Waals surface area contributed by atoms with E-state index in [1.54, 1.807) is 0 Å². The summed E-state index contributed by atoms with van der Waals surface area (Å²) in [5.41, 5.74) is 0. The van der Waals surface area contributed by atoms with Gasteiger partial charge in [0.05, 0.1) is 0 Å². The molecule has 3 atom stereocenters. The Morgan fingerprint density at radius 1 is 1.47 bits per heavy atom. The summed E-state index contributed by atoms with van der Waals surface area (Å²) in [6, 6.07) is 0. The lowest BCUT2D eigenvalue weighted by Gasteiger charge is -2.29. The zero-order valence-corrected chi connectivity index (χ0v) is 10.5. The van der Waals surface area contributed by atoms with Gasteiger partial charge in [-0.25, -0.2) is 0 Å². The van der Waals surface area contributed by atoms with Crippen LogP contribution in [0.2, 0.25) is 0 Å². The molecule has 0 aliphatic heterocycles. The highest BCUT2D eigenvalue weighted by molar-refractivity contribution is 6.19. The minimum Gasteiger partial charge on any atom is -0.356 e. The van der Waals surface area contributed by atoms with Gasteiger partial charge in [0.25, 0.3) is 0 Å². The fourth-order valence-electron chi connectivity index (χ4n) is 2.17. The van der Waals surface area contributed by atoms with Crippen LogP contribution in [0.15, 0.2) is 0 Å². The molecule has 0 heterocycles. The zero-order chi connectivity index (χ0) is 11.3. The molecule has 0 aromatic heterocycles. The molecule has 1 aliphatic carbocycles. The van der Waals surface area contributed by atoms with Crippen molar-refractivity contribution < 1.29 is 4.79 Å². The number of carbonyl (C=O) groups excluding carboxylic acids is 1. The second kappa shape index (κ2) is 6.37. The molecule has 1 N–H and O–H groups in total. The van der Waals surface area contributed by atoms with E-state index in [1.807, 2.05) is 6.92 Å². The summed E-state index contributed by atoms with van der Waals surface area (Å²) in [4.78, 5) is 11.5. The first kappa shape index (κ1) is 12.8. The van der Waals surface area contributed by atoms with Crippen LogP contribution in [0.4, 0.5) is 0 Å². The number of amides is 1. The quantitative estimate of drug-likeness (QED) is 0.741. The van der Waals surface area contributed by atoms with Crippen molar-refractivity contribution in [1.29, 1.82) is 0 Å². The third kappa shape index (κ3) is 4.02. The maximum Gasteiger partial charge on any atom is 0.224 e. The molecule has 1 aliphatic rings. The monoisotopic (exact) mass is 231 g/mol. The topological polar surface area (TPSA) is 29.1 Å². The summed E-state index contributed by atoms with van der Waals surface area (Å²) >= 11 is 5.64. The molecule has 0 aromatic rings. The minimum atomic E-state index is -0.0643. The molecule has 1 amide bonds. The molecule has 88 valence electrons. The Morgan fingerprint density at radius 2 is 2.13 bits per heavy atom. The molecule has 1 rings (SSSR count). The average Bonchev–Trinajstić information content (AvgIpc) is 2.26. The Kier molecular flexibility index (Phi) is 5.44. The first-order valence-corrected chi connectivity index (χ1v) is 6.52. The predicted molar refractivity (Wildman–Crippen MR) is 64.0 cm³/mol. The number of hydrogen-bond acceptors (Lipinski definition) is 1. The lowest BCUT2D eigenvalue weighted by Crippen LogP contribution is -2.36. The number of hydrogen-bond donors (Lipinski definition) is 1. The Hall–Kier alpha value is -0.240. The third-order valence-electron chi connectivity index (χ3n) is 3.51. The molecule has 0 bridgehead atoms. The van der Waals surface area contributed by atoms with E-state index < -0.39 is 0 Å². The van der Waals surface area contributed by atoms with E-state index in [4.69, 9.17) is 11.6 Å². The lowest BCUT2D eigenvalue weighted by atomic mass is 9.80. The minimum absolute atomic E-state index is 0.0643. The SMILES string of the molecule is CC(CCl)C(=O)NCC1CCCCC1C. The molecule has 0 saturated heterocycles. The summed E-state index contributed by atoms with van der Waals surface area (Å²) in [6.45, 7) is 4.99. The third-order valence-corrected chi connectivity index (χ3v) is 3.97. The zero-order valence-electron chi connectivity index (χ0n) is 9.76. The van der Waals surface area contributed by atoms with Crippen LogP contribution >= 0.6 is 11.6 Å². The van der Waals surface area contributed by atoms with Crippen molar-refractivity contribution in [2.75, 3.05) is 12.4 Å². The molecular weight excluding hydrogens is 210 g/mol. The van der Waals surface area contributed by atoms with Crippen molar-refractivity contribution in [2.45, 2.75) is 39.5 Å². The summed E-state index contributed by atoms with van der Waals surface area (Å²) in [7, 11) is 0. The number of halogens is 1. The first-order chi connectivity index (χ1) is 7.15. The van der Waals surface area contributed by atoms with Gasteiger partial charge in [0, 0.05) is 18.3 Å². The van der Waals surface area contributed by atoms with Gasteiger partial charge >= 0.3 is 0 Å². The first-order valence-electron chi connectivity index (χ1n) is 5.98. The van der Waals surface area contributed by atoms with Gasteiger partial charge < -0.3 is 5.32 Å². The van der Waals surface area contributed by atoms with Crippen molar-refractivity contribution in [1.82, 2.24) is 5.32 Å². The molecule has 0 spiro atoms. The molecule has 1 saturated carbocycles. The van der Waals surface area contributed by atoms with E-state index >= 15 is 0 Å². The summed E-state index contributed by atoms with van der Waals surface area (Å²) in [5, 5.41) is 3.01. The van der Waals surface area contributed by atoms with Crippen LogP contribution in [-0.4, -0.2) is 18.3 Å². The van der Waals surface area contributed by atoms with Crippen molar-refractivity contribution >= 4 is 17.5 Å². The summed E-state index contributed by atoms with van der Waals surface area (Å²) < 4.78 is 0. The van der Waals surface area contributed by atoms with Crippen LogP contribution in [0, 0.1) is 17.8 Å². The molecule has 0 aromatic carbocycles. The van der Waals surface area contributed by atoms with Gasteiger partial charge in [-0.1, -0.05) is 33.1 Å². The second-order valence-corrected chi connectivity index (χ2v) is 5.13. The number of carbonyl (C=O) groups is 1. The van der Waals surface area contributed by atoms with E-state index in [2.05, 4.69) is 12.2 Å². The van der Waals surface area contributed by atoms with Gasteiger partial charge in [-0.3, -0.25) is 4.79 Å². The maximum atomic E-state index is 11.5. The van der Waals surface area contributed by atoms with E-state index in [0.29, 0.717) is 11.8 Å². The lowest BCUT2D eigenvalue weighted by molar-refractivity contribution is -0.124. The predicted octanol–water partition coefficient (Wildman–Crippen LogP) is 2.80. The Balaban J connectivity index is 2.26. The highest BCUT2D eigenvalue weighted by Crippen LogP contribution is 2.28. The summed E-state index contributed by atoms with van der Waals surface area (Å²) in [5.74, 6) is 1.87. The molecule has 0 radical (unpaired) electrons. The number of rotatable bonds is 4. The van der Waals surface area contributed by atoms with Crippen molar-refractivity contribution in [3.8, 4) is 0 Å². The molecular formula is C12H22ClNO. The van der Waals surface area contributed by atoms with Gasteiger partial charge in [-0.05, 0) is 18.3 Å². The molecule has 15 heavy (non-hydrogen) atoms. The van der Waals surface area contributed by atoms with Gasteiger partial charge in [-0.15, -0.1) is 11.6 Å². The Bertz CT molecular complexity index is 208. The largest absolute Gasteiger partial charge is 0.356 e. The van der Waals surface area contributed by atoms with Crippen molar-refractivity contribution in [3.05, 3.63) is 0 Å². The maximum absolute atomic E-state index is 11.5. The normalized spacial score (nSPS) is 28.5. The number of alkyl halides is 1. The average molecular weight is 232 g/mol. The van der Waals surface area contributed by atoms with Crippen LogP contribution in [0.25, 0.3) is 0 Å². The fourth-order valence-corrected chi connectivity index (χ4v) is 2.31. The van der Waals surface area contributed by atoms with E-state index in [-0.39, 0.29) is 11.8 Å². The van der Waals surface area contributed by atoms with Crippen LogP contribution in [0.5, 0.6) is 0 Å². The highest BCUT2D eigenvalue weighted by atomic mass is 35.5. The van der Waals surface area contributed by atoms with E-state index in [9.17, 15) is 4.79 Å². The van der Waals surface area contributed by atoms with E-state index in [1.165, 1.54) is 25.7 Å². The molecule has 3 heteroatoms. The van der Waals surface area contributed by atoms with Crippen LogP contribution in [0.3, 0.4) is 0 Å². The smallest absolute Gasteiger partial charge is 0.224 e. The van der Waals surface area contributed by atoms with Crippen LogP contribution < -0.4 is 5.32 Å². The van der Waals surface area contributed by atoms with Gasteiger partial charge in [0.2, 0.25) is 5.91 Å². The van der Waals surface area contributed by atoms with Gasteiger partial charge in [0.15, 0.2) is 0 Å².